The summed E-state index contributed by atoms with van der Waals surface area (Å²) in [6, 6.07) is 5.11. The van der Waals surface area contributed by atoms with E-state index in [0.29, 0.717) is 5.75 Å². The average molecular weight is 244 g/mol. The molecule has 0 spiro atoms. The van der Waals surface area contributed by atoms with Gasteiger partial charge >= 0.3 is 0 Å². The van der Waals surface area contributed by atoms with Gasteiger partial charge < -0.3 is 10.1 Å². The van der Waals surface area contributed by atoms with Crippen molar-refractivity contribution in [2.24, 2.45) is 0 Å². The van der Waals surface area contributed by atoms with Gasteiger partial charge in [0.25, 0.3) is 0 Å². The molecule has 0 unspecified atom stereocenters. The van der Waals surface area contributed by atoms with Crippen molar-refractivity contribution >= 4 is 18.0 Å². The monoisotopic (exact) mass is 243 g/mol. The van der Waals surface area contributed by atoms with Gasteiger partial charge in [0.1, 0.15) is 0 Å². The Labute approximate surface area is 101 Å². The van der Waals surface area contributed by atoms with Crippen molar-refractivity contribution in [2.75, 3.05) is 20.2 Å². The molecule has 1 N–H and O–H groups in total. The quantitative estimate of drug-likeness (QED) is 0.862. The predicted octanol–water partition coefficient (Wildman–Crippen LogP) is 2.63. The van der Waals surface area contributed by atoms with Gasteiger partial charge in [-0.1, -0.05) is 12.1 Å². The highest BCUT2D eigenvalue weighted by Gasteiger charge is 2.08. The summed E-state index contributed by atoms with van der Waals surface area (Å²) in [7, 11) is 1.47. The maximum Gasteiger partial charge on any atom is 0.165 e. The summed E-state index contributed by atoms with van der Waals surface area (Å²) >= 11 is 0. The summed E-state index contributed by atoms with van der Waals surface area (Å²) in [5.41, 5.74) is 2.16. The largest absolute Gasteiger partial charge is 0.494 e. The van der Waals surface area contributed by atoms with Crippen molar-refractivity contribution in [3.63, 3.8) is 0 Å². The second kappa shape index (κ2) is 5.87. The minimum absolute atomic E-state index is 0. The second-order valence-electron chi connectivity index (χ2n) is 3.53. The number of benzene rings is 1. The molecule has 0 amide bonds. The lowest BCUT2D eigenvalue weighted by molar-refractivity contribution is 0.386. The van der Waals surface area contributed by atoms with E-state index in [0.717, 1.165) is 25.1 Å². The lowest BCUT2D eigenvalue weighted by Crippen LogP contribution is -2.20. The van der Waals surface area contributed by atoms with E-state index < -0.39 is 0 Å². The molecule has 0 saturated heterocycles. The highest BCUT2D eigenvalue weighted by Crippen LogP contribution is 2.24. The summed E-state index contributed by atoms with van der Waals surface area (Å²) in [6.45, 7) is 1.82. The topological polar surface area (TPSA) is 21.3 Å². The van der Waals surface area contributed by atoms with Crippen LogP contribution >= 0.6 is 12.4 Å². The van der Waals surface area contributed by atoms with Crippen LogP contribution in [0.1, 0.15) is 12.0 Å². The molecule has 4 heteroatoms. The zero-order valence-corrected chi connectivity index (χ0v) is 9.94. The van der Waals surface area contributed by atoms with E-state index in [1.54, 1.807) is 6.07 Å². The Bertz CT molecular complexity index is 393. The molecule has 0 fully saturated rings. The van der Waals surface area contributed by atoms with Gasteiger partial charge in [0.15, 0.2) is 11.6 Å². The zero-order chi connectivity index (χ0) is 10.7. The van der Waals surface area contributed by atoms with Gasteiger partial charge in [-0.15, -0.1) is 12.4 Å². The molecule has 0 aliphatic carbocycles. The van der Waals surface area contributed by atoms with E-state index >= 15 is 0 Å². The second-order valence-corrected chi connectivity index (χ2v) is 3.53. The Kier molecular flexibility index (Phi) is 4.77. The Morgan fingerprint density at radius 1 is 1.38 bits per heavy atom. The van der Waals surface area contributed by atoms with E-state index in [1.165, 1.54) is 18.7 Å². The minimum Gasteiger partial charge on any atom is -0.494 e. The van der Waals surface area contributed by atoms with E-state index in [-0.39, 0.29) is 18.2 Å². The molecular formula is C12H15ClFNO. The van der Waals surface area contributed by atoms with Crippen LogP contribution in [0.3, 0.4) is 0 Å². The average Bonchev–Trinajstić information content (AvgIpc) is 2.30. The molecule has 88 valence electrons. The molecule has 1 aliphatic rings. The number of nitrogens with one attached hydrogen (secondary N) is 1. The number of hydrogen-bond donors (Lipinski definition) is 1. The third-order valence-electron chi connectivity index (χ3n) is 2.59. The SMILES string of the molecule is COc1ccc(C2=CCNCC2)cc1F.Cl. The van der Waals surface area contributed by atoms with E-state index in [4.69, 9.17) is 4.74 Å². The molecule has 2 rings (SSSR count). The Balaban J connectivity index is 0.00000128. The van der Waals surface area contributed by atoms with Crippen LogP contribution in [-0.2, 0) is 0 Å². The van der Waals surface area contributed by atoms with Crippen molar-refractivity contribution < 1.29 is 9.13 Å². The van der Waals surface area contributed by atoms with Crippen LogP contribution in [0.15, 0.2) is 24.3 Å². The van der Waals surface area contributed by atoms with Crippen molar-refractivity contribution in [1.29, 1.82) is 0 Å². The Morgan fingerprint density at radius 2 is 2.19 bits per heavy atom. The highest BCUT2D eigenvalue weighted by molar-refractivity contribution is 5.85. The van der Waals surface area contributed by atoms with Crippen LogP contribution in [0, 0.1) is 5.82 Å². The number of ether oxygens (including phenoxy) is 1. The highest BCUT2D eigenvalue weighted by atomic mass is 35.5. The lowest BCUT2D eigenvalue weighted by Gasteiger charge is -2.14. The third kappa shape index (κ3) is 2.74. The van der Waals surface area contributed by atoms with Crippen molar-refractivity contribution in [3.8, 4) is 5.75 Å². The summed E-state index contributed by atoms with van der Waals surface area (Å²) in [6.07, 6.45) is 3.05. The summed E-state index contributed by atoms with van der Waals surface area (Å²) in [5, 5.41) is 3.23. The molecule has 1 aromatic rings. The fourth-order valence-electron chi connectivity index (χ4n) is 1.75. The van der Waals surface area contributed by atoms with Gasteiger partial charge in [0.05, 0.1) is 7.11 Å². The van der Waals surface area contributed by atoms with Crippen LogP contribution in [-0.4, -0.2) is 20.2 Å². The van der Waals surface area contributed by atoms with Gasteiger partial charge in [-0.3, -0.25) is 0 Å². The fourth-order valence-corrected chi connectivity index (χ4v) is 1.75. The Hall–Kier alpha value is -1.06. The number of rotatable bonds is 2. The first-order chi connectivity index (χ1) is 7.31. The number of halogens is 2. The molecule has 0 atom stereocenters. The van der Waals surface area contributed by atoms with Crippen LogP contribution in [0.4, 0.5) is 4.39 Å². The fraction of sp³-hybridized carbons (Fsp3) is 0.333. The van der Waals surface area contributed by atoms with Gasteiger partial charge in [0, 0.05) is 6.54 Å². The first-order valence-corrected chi connectivity index (χ1v) is 5.05. The maximum atomic E-state index is 13.4. The molecule has 2 nitrogen and oxygen atoms in total. The molecule has 0 saturated carbocycles. The number of methoxy groups -OCH3 is 1. The molecule has 16 heavy (non-hydrogen) atoms. The molecule has 0 bridgehead atoms. The molecule has 1 aromatic carbocycles. The minimum atomic E-state index is -0.297. The van der Waals surface area contributed by atoms with Gasteiger partial charge in [-0.05, 0) is 36.2 Å². The normalized spacial score (nSPS) is 15.0. The smallest absolute Gasteiger partial charge is 0.165 e. The maximum absolute atomic E-state index is 13.4. The first-order valence-electron chi connectivity index (χ1n) is 5.05. The molecule has 1 aliphatic heterocycles. The van der Waals surface area contributed by atoms with Crippen LogP contribution in [0.25, 0.3) is 5.57 Å². The molecule has 1 heterocycles. The van der Waals surface area contributed by atoms with Crippen molar-refractivity contribution in [2.45, 2.75) is 6.42 Å². The van der Waals surface area contributed by atoms with Crippen LogP contribution < -0.4 is 10.1 Å². The summed E-state index contributed by atoms with van der Waals surface area (Å²) in [4.78, 5) is 0. The molecular weight excluding hydrogens is 229 g/mol. The predicted molar refractivity (Wildman–Crippen MR) is 65.7 cm³/mol. The standard InChI is InChI=1S/C12H14FNO.ClH/c1-15-12-3-2-10(8-11(12)13)9-4-6-14-7-5-9;/h2-4,8,14H,5-7H2,1H3;1H. The lowest BCUT2D eigenvalue weighted by atomic mass is 10.0. The third-order valence-corrected chi connectivity index (χ3v) is 2.59. The van der Waals surface area contributed by atoms with E-state index in [9.17, 15) is 4.39 Å². The molecule has 0 aromatic heterocycles. The first kappa shape index (κ1) is 13.0. The van der Waals surface area contributed by atoms with E-state index in [1.807, 2.05) is 6.07 Å². The van der Waals surface area contributed by atoms with Gasteiger partial charge in [0.2, 0.25) is 0 Å². The van der Waals surface area contributed by atoms with Crippen LogP contribution in [0.2, 0.25) is 0 Å². The Morgan fingerprint density at radius 3 is 2.75 bits per heavy atom. The van der Waals surface area contributed by atoms with Gasteiger partial charge in [-0.25, -0.2) is 4.39 Å². The summed E-state index contributed by atoms with van der Waals surface area (Å²) < 4.78 is 18.3. The van der Waals surface area contributed by atoms with Crippen molar-refractivity contribution in [3.05, 3.63) is 35.7 Å². The molecule has 0 radical (unpaired) electrons. The van der Waals surface area contributed by atoms with Crippen LogP contribution in [0.5, 0.6) is 5.75 Å². The zero-order valence-electron chi connectivity index (χ0n) is 9.13. The van der Waals surface area contributed by atoms with E-state index in [2.05, 4.69) is 11.4 Å². The van der Waals surface area contributed by atoms with Crippen molar-refractivity contribution in [1.82, 2.24) is 5.32 Å². The number of hydrogen-bond acceptors (Lipinski definition) is 2. The summed E-state index contributed by atoms with van der Waals surface area (Å²) in [5.74, 6) is 0.00252. The van der Waals surface area contributed by atoms with Gasteiger partial charge in [-0.2, -0.15) is 0 Å².